The standard InChI is InChI=1S/C13H17BrO2/c1-5-16-11-7-6-9(14)8-10(11)12(15)13(2,3)4/h6-8H,5H2,1-4H3. The summed E-state index contributed by atoms with van der Waals surface area (Å²) in [6.07, 6.45) is 0. The first kappa shape index (κ1) is 13.2. The Morgan fingerprint density at radius 1 is 1.38 bits per heavy atom. The van der Waals surface area contributed by atoms with Crippen LogP contribution < -0.4 is 4.74 Å². The number of rotatable bonds is 3. The highest BCUT2D eigenvalue weighted by Crippen LogP contribution is 2.29. The van der Waals surface area contributed by atoms with Crippen molar-refractivity contribution in [3.8, 4) is 5.75 Å². The average Bonchev–Trinajstić information content (AvgIpc) is 2.18. The van der Waals surface area contributed by atoms with Crippen LogP contribution in [0.25, 0.3) is 0 Å². The largest absolute Gasteiger partial charge is 0.493 e. The van der Waals surface area contributed by atoms with Crippen LogP contribution >= 0.6 is 15.9 Å². The van der Waals surface area contributed by atoms with Gasteiger partial charge in [-0.3, -0.25) is 4.79 Å². The van der Waals surface area contributed by atoms with Crippen LogP contribution in [-0.2, 0) is 0 Å². The predicted octanol–water partition coefficient (Wildman–Crippen LogP) is 4.08. The molecule has 0 radical (unpaired) electrons. The second-order valence-corrected chi connectivity index (χ2v) is 5.57. The fraction of sp³-hybridized carbons (Fsp3) is 0.462. The molecule has 0 heterocycles. The number of halogens is 1. The molecule has 2 nitrogen and oxygen atoms in total. The molecule has 0 unspecified atom stereocenters. The van der Waals surface area contributed by atoms with Crippen LogP contribution in [0.4, 0.5) is 0 Å². The second kappa shape index (κ2) is 5.00. The van der Waals surface area contributed by atoms with E-state index >= 15 is 0 Å². The summed E-state index contributed by atoms with van der Waals surface area (Å²) in [5.41, 5.74) is 0.246. The summed E-state index contributed by atoms with van der Waals surface area (Å²) in [5.74, 6) is 0.753. The molecule has 0 atom stereocenters. The maximum Gasteiger partial charge on any atom is 0.171 e. The van der Waals surface area contributed by atoms with E-state index in [1.165, 1.54) is 0 Å². The molecule has 0 aromatic heterocycles. The number of carbonyl (C=O) groups excluding carboxylic acids is 1. The van der Waals surface area contributed by atoms with E-state index in [0.717, 1.165) is 4.47 Å². The van der Waals surface area contributed by atoms with E-state index in [1.54, 1.807) is 0 Å². The summed E-state index contributed by atoms with van der Waals surface area (Å²) in [7, 11) is 0. The molecule has 16 heavy (non-hydrogen) atoms. The van der Waals surface area contributed by atoms with E-state index in [1.807, 2.05) is 45.9 Å². The monoisotopic (exact) mass is 284 g/mol. The number of hydrogen-bond donors (Lipinski definition) is 0. The lowest BCUT2D eigenvalue weighted by atomic mass is 9.86. The van der Waals surface area contributed by atoms with Gasteiger partial charge in [-0.15, -0.1) is 0 Å². The van der Waals surface area contributed by atoms with E-state index in [2.05, 4.69) is 15.9 Å². The fourth-order valence-corrected chi connectivity index (χ4v) is 1.73. The van der Waals surface area contributed by atoms with Gasteiger partial charge in [-0.05, 0) is 25.1 Å². The van der Waals surface area contributed by atoms with Gasteiger partial charge >= 0.3 is 0 Å². The number of hydrogen-bond acceptors (Lipinski definition) is 2. The quantitative estimate of drug-likeness (QED) is 0.782. The Kier molecular flexibility index (Phi) is 4.14. The fourth-order valence-electron chi connectivity index (χ4n) is 1.37. The Balaban J connectivity index is 3.19. The average molecular weight is 285 g/mol. The van der Waals surface area contributed by atoms with Crippen molar-refractivity contribution in [3.63, 3.8) is 0 Å². The second-order valence-electron chi connectivity index (χ2n) is 4.65. The minimum absolute atomic E-state index is 0.0947. The number of carbonyl (C=O) groups is 1. The van der Waals surface area contributed by atoms with Gasteiger partial charge in [0.25, 0.3) is 0 Å². The summed E-state index contributed by atoms with van der Waals surface area (Å²) in [4.78, 5) is 12.2. The van der Waals surface area contributed by atoms with Crippen molar-refractivity contribution in [3.05, 3.63) is 28.2 Å². The van der Waals surface area contributed by atoms with Crippen molar-refractivity contribution in [1.29, 1.82) is 0 Å². The Hall–Kier alpha value is -0.830. The highest BCUT2D eigenvalue weighted by atomic mass is 79.9. The number of benzene rings is 1. The molecule has 88 valence electrons. The molecule has 1 aromatic rings. The van der Waals surface area contributed by atoms with Crippen LogP contribution in [-0.4, -0.2) is 12.4 Å². The van der Waals surface area contributed by atoms with E-state index in [-0.39, 0.29) is 5.78 Å². The van der Waals surface area contributed by atoms with Gasteiger partial charge in [-0.1, -0.05) is 36.7 Å². The normalized spacial score (nSPS) is 11.3. The van der Waals surface area contributed by atoms with E-state index < -0.39 is 5.41 Å². The van der Waals surface area contributed by atoms with Crippen LogP contribution in [0.15, 0.2) is 22.7 Å². The van der Waals surface area contributed by atoms with Gasteiger partial charge in [-0.25, -0.2) is 0 Å². The zero-order valence-electron chi connectivity index (χ0n) is 10.1. The number of ketones is 1. The van der Waals surface area contributed by atoms with Crippen LogP contribution in [0.1, 0.15) is 38.1 Å². The minimum atomic E-state index is -0.396. The lowest BCUT2D eigenvalue weighted by Gasteiger charge is -2.19. The van der Waals surface area contributed by atoms with Crippen molar-refractivity contribution in [2.24, 2.45) is 5.41 Å². The number of Topliss-reactive ketones (excluding diaryl/α,β-unsaturated/α-hetero) is 1. The highest BCUT2D eigenvalue weighted by Gasteiger charge is 2.25. The van der Waals surface area contributed by atoms with Crippen LogP contribution in [0.2, 0.25) is 0 Å². The van der Waals surface area contributed by atoms with E-state index in [0.29, 0.717) is 17.9 Å². The molecular weight excluding hydrogens is 268 g/mol. The molecule has 0 N–H and O–H groups in total. The Morgan fingerprint density at radius 3 is 2.50 bits per heavy atom. The van der Waals surface area contributed by atoms with E-state index in [4.69, 9.17) is 4.74 Å². The third kappa shape index (κ3) is 3.08. The first-order valence-electron chi connectivity index (χ1n) is 5.33. The molecule has 0 spiro atoms. The molecule has 3 heteroatoms. The van der Waals surface area contributed by atoms with Crippen molar-refractivity contribution < 1.29 is 9.53 Å². The summed E-state index contributed by atoms with van der Waals surface area (Å²) >= 11 is 3.37. The molecule has 0 amide bonds. The maximum atomic E-state index is 12.2. The number of ether oxygens (including phenoxy) is 1. The maximum absolute atomic E-state index is 12.2. The third-order valence-electron chi connectivity index (χ3n) is 2.17. The third-order valence-corrected chi connectivity index (χ3v) is 2.66. The van der Waals surface area contributed by atoms with Gasteiger partial charge in [0.05, 0.1) is 12.2 Å². The molecule has 0 aliphatic heterocycles. The van der Waals surface area contributed by atoms with Gasteiger partial charge in [0.2, 0.25) is 0 Å². The molecular formula is C13H17BrO2. The summed E-state index contributed by atoms with van der Waals surface area (Å²) in [6, 6.07) is 5.52. The molecule has 1 aromatic carbocycles. The summed E-state index contributed by atoms with van der Waals surface area (Å²) < 4.78 is 6.36. The zero-order valence-corrected chi connectivity index (χ0v) is 11.7. The highest BCUT2D eigenvalue weighted by molar-refractivity contribution is 9.10. The molecule has 0 saturated heterocycles. The molecule has 0 fully saturated rings. The predicted molar refractivity (Wildman–Crippen MR) is 69.1 cm³/mol. The molecule has 0 aliphatic carbocycles. The summed E-state index contributed by atoms with van der Waals surface area (Å²) in [5, 5.41) is 0. The topological polar surface area (TPSA) is 26.3 Å². The van der Waals surface area contributed by atoms with Crippen molar-refractivity contribution >= 4 is 21.7 Å². The van der Waals surface area contributed by atoms with Gasteiger partial charge in [0, 0.05) is 9.89 Å². The van der Waals surface area contributed by atoms with Gasteiger partial charge in [-0.2, -0.15) is 0 Å². The van der Waals surface area contributed by atoms with Gasteiger partial charge in [0.15, 0.2) is 5.78 Å². The summed E-state index contributed by atoms with van der Waals surface area (Å²) in [6.45, 7) is 8.20. The molecule has 0 saturated carbocycles. The smallest absolute Gasteiger partial charge is 0.171 e. The van der Waals surface area contributed by atoms with Crippen LogP contribution in [0.3, 0.4) is 0 Å². The van der Waals surface area contributed by atoms with Crippen molar-refractivity contribution in [1.82, 2.24) is 0 Å². The lowest BCUT2D eigenvalue weighted by molar-refractivity contribution is 0.0854. The van der Waals surface area contributed by atoms with Gasteiger partial charge < -0.3 is 4.74 Å². The zero-order chi connectivity index (χ0) is 12.3. The van der Waals surface area contributed by atoms with Crippen LogP contribution in [0, 0.1) is 5.41 Å². The SMILES string of the molecule is CCOc1ccc(Br)cc1C(=O)C(C)(C)C. The first-order valence-corrected chi connectivity index (χ1v) is 6.12. The van der Waals surface area contributed by atoms with Gasteiger partial charge in [0.1, 0.15) is 5.75 Å². The Bertz CT molecular complexity index is 391. The van der Waals surface area contributed by atoms with E-state index in [9.17, 15) is 4.79 Å². The lowest BCUT2D eigenvalue weighted by Crippen LogP contribution is -2.21. The minimum Gasteiger partial charge on any atom is -0.493 e. The van der Waals surface area contributed by atoms with Crippen LogP contribution in [0.5, 0.6) is 5.75 Å². The van der Waals surface area contributed by atoms with Crippen molar-refractivity contribution in [2.45, 2.75) is 27.7 Å². The van der Waals surface area contributed by atoms with Crippen molar-refractivity contribution in [2.75, 3.05) is 6.61 Å². The Labute approximate surface area is 105 Å². The molecule has 1 rings (SSSR count). The first-order chi connectivity index (χ1) is 7.36. The Morgan fingerprint density at radius 2 is 2.00 bits per heavy atom. The molecule has 0 aliphatic rings. The molecule has 0 bridgehead atoms.